The average molecular weight is 450 g/mol. The van der Waals surface area contributed by atoms with Gasteiger partial charge >= 0.3 is 0 Å². The van der Waals surface area contributed by atoms with E-state index in [0.717, 1.165) is 56.8 Å². The Morgan fingerprint density at radius 1 is 0.853 bits per heavy atom. The smallest absolute Gasteiger partial charge is 0.119 e. The van der Waals surface area contributed by atoms with Gasteiger partial charge in [-0.25, -0.2) is 0 Å². The van der Waals surface area contributed by atoms with E-state index < -0.39 is 0 Å². The van der Waals surface area contributed by atoms with E-state index in [-0.39, 0.29) is 6.10 Å². The van der Waals surface area contributed by atoms with E-state index in [2.05, 4.69) is 76.5 Å². The zero-order valence-corrected chi connectivity index (χ0v) is 19.6. The Bertz CT molecular complexity index is 1270. The van der Waals surface area contributed by atoms with Crippen LogP contribution in [-0.4, -0.2) is 35.6 Å². The van der Waals surface area contributed by atoms with Gasteiger partial charge in [0.2, 0.25) is 0 Å². The second-order valence-electron chi connectivity index (χ2n) is 9.51. The summed E-state index contributed by atoms with van der Waals surface area (Å²) in [7, 11) is 0. The van der Waals surface area contributed by atoms with Crippen LogP contribution in [0.15, 0.2) is 84.9 Å². The van der Waals surface area contributed by atoms with Crippen molar-refractivity contribution in [1.29, 1.82) is 0 Å². The van der Waals surface area contributed by atoms with Crippen LogP contribution in [0.25, 0.3) is 10.9 Å². The fraction of sp³-hybridized carbons (Fsp3) is 0.300. The van der Waals surface area contributed by atoms with Crippen LogP contribution in [0.2, 0.25) is 0 Å². The molecule has 3 heterocycles. The molecule has 1 aromatic heterocycles. The lowest BCUT2D eigenvalue weighted by Crippen LogP contribution is -2.41. The molecule has 0 spiro atoms. The average Bonchev–Trinajstić information content (AvgIpc) is 3.31. The van der Waals surface area contributed by atoms with Gasteiger partial charge < -0.3 is 9.64 Å². The molecule has 0 N–H and O–H groups in total. The van der Waals surface area contributed by atoms with Crippen LogP contribution in [0.3, 0.4) is 0 Å². The monoisotopic (exact) mass is 449 g/mol. The van der Waals surface area contributed by atoms with E-state index in [1.54, 1.807) is 0 Å². The van der Waals surface area contributed by atoms with Gasteiger partial charge in [-0.15, -0.1) is 0 Å². The second kappa shape index (κ2) is 9.47. The number of hydrogen-bond acceptors (Lipinski definition) is 4. The molecule has 4 heteroatoms. The molecule has 4 aromatic rings. The van der Waals surface area contributed by atoms with E-state index in [1.165, 1.54) is 34.3 Å². The van der Waals surface area contributed by atoms with E-state index >= 15 is 0 Å². The summed E-state index contributed by atoms with van der Waals surface area (Å²) in [5.74, 6) is 0.973. The van der Waals surface area contributed by atoms with E-state index in [0.29, 0.717) is 0 Å². The highest BCUT2D eigenvalue weighted by Crippen LogP contribution is 2.33. The summed E-state index contributed by atoms with van der Waals surface area (Å²) in [5, 5.41) is 1.21. The van der Waals surface area contributed by atoms with E-state index in [1.807, 2.05) is 18.2 Å². The predicted octanol–water partition coefficient (Wildman–Crippen LogP) is 5.84. The highest BCUT2D eigenvalue weighted by molar-refractivity contribution is 5.78. The number of fused-ring (bicyclic) bond motifs is 2. The first kappa shape index (κ1) is 21.2. The molecule has 0 radical (unpaired) electrons. The first-order chi connectivity index (χ1) is 16.8. The molecule has 2 aliphatic heterocycles. The Morgan fingerprint density at radius 2 is 1.74 bits per heavy atom. The van der Waals surface area contributed by atoms with Crippen molar-refractivity contribution in [2.24, 2.45) is 0 Å². The Hall–Kier alpha value is -3.37. The number of piperidine rings is 1. The van der Waals surface area contributed by atoms with Crippen LogP contribution in [0.1, 0.15) is 29.7 Å². The van der Waals surface area contributed by atoms with Gasteiger partial charge in [0.25, 0.3) is 0 Å². The molecule has 1 atom stereocenters. The van der Waals surface area contributed by atoms with Crippen molar-refractivity contribution in [1.82, 2.24) is 9.88 Å². The van der Waals surface area contributed by atoms with Gasteiger partial charge in [0.15, 0.2) is 0 Å². The van der Waals surface area contributed by atoms with E-state index in [4.69, 9.17) is 9.72 Å². The van der Waals surface area contributed by atoms with Crippen LogP contribution >= 0.6 is 0 Å². The van der Waals surface area contributed by atoms with Crippen molar-refractivity contribution in [2.45, 2.75) is 38.5 Å². The maximum Gasteiger partial charge on any atom is 0.119 e. The normalized spacial score (nSPS) is 18.2. The third-order valence-corrected chi connectivity index (χ3v) is 7.13. The lowest BCUT2D eigenvalue weighted by molar-refractivity contribution is 0.179. The number of pyridine rings is 1. The number of para-hydroxylation sites is 2. The molecule has 0 aliphatic carbocycles. The molecule has 1 saturated heterocycles. The molecule has 4 nitrogen and oxygen atoms in total. The minimum atomic E-state index is 0.239. The van der Waals surface area contributed by atoms with Crippen LogP contribution < -0.4 is 9.64 Å². The molecule has 3 aromatic carbocycles. The lowest BCUT2D eigenvalue weighted by atomic mass is 10.0. The molecule has 34 heavy (non-hydrogen) atoms. The Kier molecular flexibility index (Phi) is 5.90. The van der Waals surface area contributed by atoms with Gasteiger partial charge in [-0.1, -0.05) is 54.6 Å². The fourth-order valence-corrected chi connectivity index (χ4v) is 5.39. The Balaban J connectivity index is 1.12. The first-order valence-corrected chi connectivity index (χ1v) is 12.5. The second-order valence-corrected chi connectivity index (χ2v) is 9.51. The molecule has 6 rings (SSSR count). The third-order valence-electron chi connectivity index (χ3n) is 7.13. The van der Waals surface area contributed by atoms with Crippen LogP contribution in [-0.2, 0) is 19.5 Å². The standard InChI is InChI=1S/C30H31N3O/c1-2-10-26(11-3-1)34-27-12-7-18-33(21-27)30-14-6-9-24-20-32(22-28(24)30)19-17-25-16-15-23-8-4-5-13-29(23)31-25/h1-6,8-11,13-16,27H,7,12,17-22H2. The first-order valence-electron chi connectivity index (χ1n) is 12.5. The zero-order chi connectivity index (χ0) is 22.7. The number of anilines is 1. The fourth-order valence-electron chi connectivity index (χ4n) is 5.39. The van der Waals surface area contributed by atoms with Crippen LogP contribution in [0.5, 0.6) is 5.75 Å². The van der Waals surface area contributed by atoms with Gasteiger partial charge in [0, 0.05) is 49.4 Å². The molecule has 1 fully saturated rings. The van der Waals surface area contributed by atoms with Crippen LogP contribution in [0, 0.1) is 0 Å². The zero-order valence-electron chi connectivity index (χ0n) is 19.6. The molecule has 0 bridgehead atoms. The maximum atomic E-state index is 6.31. The molecular weight excluding hydrogens is 418 g/mol. The summed E-state index contributed by atoms with van der Waals surface area (Å²) in [5.41, 5.74) is 6.62. The summed E-state index contributed by atoms with van der Waals surface area (Å²) in [6.07, 6.45) is 3.50. The number of aromatic nitrogens is 1. The number of rotatable bonds is 6. The summed E-state index contributed by atoms with van der Waals surface area (Å²) in [4.78, 5) is 9.98. The van der Waals surface area contributed by atoms with Gasteiger partial charge in [-0.2, -0.15) is 0 Å². The van der Waals surface area contributed by atoms with Crippen molar-refractivity contribution < 1.29 is 4.74 Å². The van der Waals surface area contributed by atoms with Crippen molar-refractivity contribution in [3.8, 4) is 5.75 Å². The topological polar surface area (TPSA) is 28.6 Å². The number of ether oxygens (including phenoxy) is 1. The van der Waals surface area contributed by atoms with Gasteiger partial charge in [0.1, 0.15) is 11.9 Å². The SMILES string of the molecule is c1ccc(OC2CCCN(c3cccc4c3CN(CCc3ccc5ccccc5n3)C4)C2)cc1. The van der Waals surface area contributed by atoms with Crippen molar-refractivity contribution in [2.75, 3.05) is 24.5 Å². The van der Waals surface area contributed by atoms with Crippen LogP contribution in [0.4, 0.5) is 5.69 Å². The van der Waals surface area contributed by atoms with Gasteiger partial charge in [0.05, 0.1) is 12.1 Å². The Labute approximate surface area is 201 Å². The summed E-state index contributed by atoms with van der Waals surface area (Å²) in [6.45, 7) is 5.12. The van der Waals surface area contributed by atoms with Gasteiger partial charge in [-0.3, -0.25) is 9.88 Å². The summed E-state index contributed by atoms with van der Waals surface area (Å²) in [6, 6.07) is 29.8. The highest BCUT2D eigenvalue weighted by Gasteiger charge is 2.27. The minimum absolute atomic E-state index is 0.239. The number of nitrogens with zero attached hydrogens (tertiary/aromatic N) is 3. The summed E-state index contributed by atoms with van der Waals surface area (Å²) < 4.78 is 6.31. The minimum Gasteiger partial charge on any atom is -0.489 e. The van der Waals surface area contributed by atoms with Crippen molar-refractivity contribution in [3.05, 3.63) is 102 Å². The summed E-state index contributed by atoms with van der Waals surface area (Å²) >= 11 is 0. The molecule has 0 amide bonds. The largest absolute Gasteiger partial charge is 0.489 e. The number of benzene rings is 3. The highest BCUT2D eigenvalue weighted by atomic mass is 16.5. The lowest BCUT2D eigenvalue weighted by Gasteiger charge is -2.35. The predicted molar refractivity (Wildman–Crippen MR) is 138 cm³/mol. The number of hydrogen-bond donors (Lipinski definition) is 0. The maximum absolute atomic E-state index is 6.31. The Morgan fingerprint density at radius 3 is 2.68 bits per heavy atom. The van der Waals surface area contributed by atoms with E-state index in [9.17, 15) is 0 Å². The van der Waals surface area contributed by atoms with Crippen molar-refractivity contribution in [3.63, 3.8) is 0 Å². The third kappa shape index (κ3) is 4.51. The van der Waals surface area contributed by atoms with Gasteiger partial charge in [-0.05, 0) is 54.3 Å². The van der Waals surface area contributed by atoms with Crippen molar-refractivity contribution >= 4 is 16.6 Å². The molecule has 0 saturated carbocycles. The molecular formula is C30H31N3O. The molecule has 1 unspecified atom stereocenters. The molecule has 2 aliphatic rings. The quantitative estimate of drug-likeness (QED) is 0.370. The molecule has 172 valence electrons.